The summed E-state index contributed by atoms with van der Waals surface area (Å²) in [7, 11) is 1.69. The molecule has 0 saturated carbocycles. The zero-order valence-electron chi connectivity index (χ0n) is 17.5. The Balaban J connectivity index is 2.17. The van der Waals surface area contributed by atoms with Crippen LogP contribution >= 0.6 is 11.6 Å². The van der Waals surface area contributed by atoms with Crippen molar-refractivity contribution in [1.29, 1.82) is 0 Å². The van der Waals surface area contributed by atoms with Crippen LogP contribution in [-0.2, 0) is 4.79 Å². The average molecular weight is 404 g/mol. The van der Waals surface area contributed by atoms with Gasteiger partial charge in [-0.1, -0.05) is 38.4 Å². The molecule has 152 valence electrons. The van der Waals surface area contributed by atoms with E-state index in [1.54, 1.807) is 31.4 Å². The van der Waals surface area contributed by atoms with Crippen molar-refractivity contribution in [3.8, 4) is 11.5 Å². The van der Waals surface area contributed by atoms with Crippen molar-refractivity contribution in [1.82, 2.24) is 5.32 Å². The molecule has 0 spiro atoms. The standard InChI is InChI=1S/C23H30ClNO3/c1-7-21(28-18-10-8-9-17(24)12-18)23(26)25-16(5)20-13-19(14(2)3)22(27-6)11-15(20)4/h8-14,16,21H,7H2,1-6H3,(H,25,26)/t16-,21+/m0/s1. The second-order valence-corrected chi connectivity index (χ2v) is 7.74. The molecule has 0 bridgehead atoms. The number of rotatable bonds is 8. The van der Waals surface area contributed by atoms with Crippen LogP contribution in [0.5, 0.6) is 11.5 Å². The fraction of sp³-hybridized carbons (Fsp3) is 0.435. The quantitative estimate of drug-likeness (QED) is 0.604. The van der Waals surface area contributed by atoms with Crippen molar-refractivity contribution in [2.75, 3.05) is 7.11 Å². The summed E-state index contributed by atoms with van der Waals surface area (Å²) in [6.45, 7) is 10.2. The maximum Gasteiger partial charge on any atom is 0.261 e. The lowest BCUT2D eigenvalue weighted by Gasteiger charge is -2.23. The van der Waals surface area contributed by atoms with Crippen LogP contribution in [-0.4, -0.2) is 19.1 Å². The second-order valence-electron chi connectivity index (χ2n) is 7.31. The molecular weight excluding hydrogens is 374 g/mol. The van der Waals surface area contributed by atoms with Crippen molar-refractivity contribution in [2.45, 2.75) is 59.1 Å². The molecule has 2 aromatic carbocycles. The molecule has 2 atom stereocenters. The highest BCUT2D eigenvalue weighted by Gasteiger charge is 2.22. The van der Waals surface area contributed by atoms with Crippen molar-refractivity contribution in [2.24, 2.45) is 0 Å². The molecule has 0 saturated heterocycles. The Bertz CT molecular complexity index is 819. The number of ether oxygens (including phenoxy) is 2. The maximum absolute atomic E-state index is 12.8. The first kappa shape index (κ1) is 22.1. The molecule has 2 aromatic rings. The van der Waals surface area contributed by atoms with E-state index in [0.29, 0.717) is 23.1 Å². The SMILES string of the molecule is CC[C@@H](Oc1cccc(Cl)c1)C(=O)N[C@@H](C)c1cc(C(C)C)c(OC)cc1C. The summed E-state index contributed by atoms with van der Waals surface area (Å²) in [5.41, 5.74) is 3.29. The minimum atomic E-state index is -0.580. The molecule has 0 heterocycles. The molecule has 0 aromatic heterocycles. The van der Waals surface area contributed by atoms with Crippen LogP contribution in [0, 0.1) is 6.92 Å². The van der Waals surface area contributed by atoms with Crippen LogP contribution in [0.1, 0.15) is 62.8 Å². The zero-order chi connectivity index (χ0) is 20.8. The monoisotopic (exact) mass is 403 g/mol. The van der Waals surface area contributed by atoms with Gasteiger partial charge in [0.15, 0.2) is 6.10 Å². The van der Waals surface area contributed by atoms with Gasteiger partial charge in [0, 0.05) is 5.02 Å². The Morgan fingerprint density at radius 3 is 2.43 bits per heavy atom. The van der Waals surface area contributed by atoms with E-state index in [2.05, 4.69) is 25.2 Å². The van der Waals surface area contributed by atoms with Crippen molar-refractivity contribution in [3.63, 3.8) is 0 Å². The van der Waals surface area contributed by atoms with Gasteiger partial charge in [0.2, 0.25) is 0 Å². The highest BCUT2D eigenvalue weighted by Crippen LogP contribution is 2.32. The number of halogens is 1. The normalized spacial score (nSPS) is 13.1. The smallest absolute Gasteiger partial charge is 0.261 e. The van der Waals surface area contributed by atoms with Gasteiger partial charge in [0.1, 0.15) is 11.5 Å². The van der Waals surface area contributed by atoms with E-state index in [0.717, 1.165) is 22.4 Å². The van der Waals surface area contributed by atoms with Gasteiger partial charge < -0.3 is 14.8 Å². The lowest BCUT2D eigenvalue weighted by molar-refractivity contribution is -0.128. The van der Waals surface area contributed by atoms with Gasteiger partial charge in [0.25, 0.3) is 5.91 Å². The predicted molar refractivity (Wildman–Crippen MR) is 115 cm³/mol. The van der Waals surface area contributed by atoms with Gasteiger partial charge in [-0.05, 0) is 73.2 Å². The lowest BCUT2D eigenvalue weighted by Crippen LogP contribution is -2.39. The second kappa shape index (κ2) is 9.83. The van der Waals surface area contributed by atoms with Gasteiger partial charge in [-0.2, -0.15) is 0 Å². The fourth-order valence-corrected chi connectivity index (χ4v) is 3.40. The van der Waals surface area contributed by atoms with E-state index in [1.807, 2.05) is 26.8 Å². The average Bonchev–Trinajstić information content (AvgIpc) is 2.65. The third-order valence-electron chi connectivity index (χ3n) is 4.80. The Morgan fingerprint density at radius 2 is 1.86 bits per heavy atom. The Hall–Kier alpha value is -2.20. The summed E-state index contributed by atoms with van der Waals surface area (Å²) >= 11 is 6.01. The largest absolute Gasteiger partial charge is 0.496 e. The van der Waals surface area contributed by atoms with E-state index < -0.39 is 6.10 Å². The fourth-order valence-electron chi connectivity index (χ4n) is 3.22. The van der Waals surface area contributed by atoms with Crippen LogP contribution in [0.2, 0.25) is 5.02 Å². The van der Waals surface area contributed by atoms with Gasteiger partial charge in [-0.3, -0.25) is 4.79 Å². The number of carbonyl (C=O) groups excluding carboxylic acids is 1. The van der Waals surface area contributed by atoms with Crippen molar-refractivity contribution >= 4 is 17.5 Å². The minimum absolute atomic E-state index is 0.142. The van der Waals surface area contributed by atoms with E-state index in [9.17, 15) is 4.79 Å². The number of benzene rings is 2. The third-order valence-corrected chi connectivity index (χ3v) is 5.04. The zero-order valence-corrected chi connectivity index (χ0v) is 18.3. The number of methoxy groups -OCH3 is 1. The predicted octanol–water partition coefficient (Wildman–Crippen LogP) is 5.82. The maximum atomic E-state index is 12.8. The highest BCUT2D eigenvalue weighted by molar-refractivity contribution is 6.30. The summed E-state index contributed by atoms with van der Waals surface area (Å²) in [6.07, 6.45) is -0.0202. The number of aryl methyl sites for hydroxylation is 1. The van der Waals surface area contributed by atoms with Crippen LogP contribution in [0.3, 0.4) is 0 Å². The van der Waals surface area contributed by atoms with Crippen molar-refractivity contribution in [3.05, 3.63) is 58.1 Å². The summed E-state index contributed by atoms with van der Waals surface area (Å²) in [5.74, 6) is 1.65. The minimum Gasteiger partial charge on any atom is -0.496 e. The number of hydrogen-bond donors (Lipinski definition) is 1. The van der Waals surface area contributed by atoms with Gasteiger partial charge in [-0.15, -0.1) is 0 Å². The molecule has 2 rings (SSSR count). The molecule has 5 heteroatoms. The molecule has 4 nitrogen and oxygen atoms in total. The molecule has 0 aliphatic carbocycles. The van der Waals surface area contributed by atoms with Gasteiger partial charge >= 0.3 is 0 Å². The number of nitrogens with one attached hydrogen (secondary N) is 1. The lowest BCUT2D eigenvalue weighted by atomic mass is 9.93. The number of amides is 1. The molecule has 0 aliphatic rings. The molecule has 0 unspecified atom stereocenters. The first-order valence-corrected chi connectivity index (χ1v) is 10.1. The van der Waals surface area contributed by atoms with Crippen LogP contribution in [0.4, 0.5) is 0 Å². The van der Waals surface area contributed by atoms with E-state index in [4.69, 9.17) is 21.1 Å². The molecule has 0 fully saturated rings. The van der Waals surface area contributed by atoms with Crippen LogP contribution < -0.4 is 14.8 Å². The molecule has 0 radical (unpaired) electrons. The molecule has 1 N–H and O–H groups in total. The summed E-state index contributed by atoms with van der Waals surface area (Å²) in [5, 5.41) is 3.67. The number of hydrogen-bond acceptors (Lipinski definition) is 3. The molecule has 0 aliphatic heterocycles. The Kier molecular flexibility index (Phi) is 7.76. The number of carbonyl (C=O) groups is 1. The van der Waals surface area contributed by atoms with E-state index in [1.165, 1.54) is 0 Å². The molecule has 1 amide bonds. The molecule has 28 heavy (non-hydrogen) atoms. The highest BCUT2D eigenvalue weighted by atomic mass is 35.5. The first-order valence-electron chi connectivity index (χ1n) is 9.67. The van der Waals surface area contributed by atoms with Gasteiger partial charge in [0.05, 0.1) is 13.2 Å². The summed E-state index contributed by atoms with van der Waals surface area (Å²) in [4.78, 5) is 12.8. The summed E-state index contributed by atoms with van der Waals surface area (Å²) < 4.78 is 11.4. The summed E-state index contributed by atoms with van der Waals surface area (Å²) in [6, 6.07) is 11.1. The van der Waals surface area contributed by atoms with Crippen LogP contribution in [0.15, 0.2) is 36.4 Å². The Labute approximate surface area is 173 Å². The first-order chi connectivity index (χ1) is 13.3. The third kappa shape index (κ3) is 5.41. The topological polar surface area (TPSA) is 47.6 Å². The van der Waals surface area contributed by atoms with Gasteiger partial charge in [-0.25, -0.2) is 0 Å². The van der Waals surface area contributed by atoms with Crippen molar-refractivity contribution < 1.29 is 14.3 Å². The van der Waals surface area contributed by atoms with Crippen LogP contribution in [0.25, 0.3) is 0 Å². The van der Waals surface area contributed by atoms with E-state index >= 15 is 0 Å². The Morgan fingerprint density at radius 1 is 1.14 bits per heavy atom. The van der Waals surface area contributed by atoms with E-state index in [-0.39, 0.29) is 11.9 Å². The molecular formula is C23H30ClNO3.